The number of guanidine groups is 1. The molecule has 1 aromatic heterocycles. The van der Waals surface area contributed by atoms with Gasteiger partial charge in [-0.2, -0.15) is 5.10 Å². The van der Waals surface area contributed by atoms with Crippen LogP contribution in [-0.2, 0) is 6.54 Å². The van der Waals surface area contributed by atoms with Gasteiger partial charge >= 0.3 is 0 Å². The van der Waals surface area contributed by atoms with Crippen molar-refractivity contribution in [1.82, 2.24) is 15.2 Å². The van der Waals surface area contributed by atoms with Gasteiger partial charge in [0, 0.05) is 11.6 Å². The molecule has 0 saturated heterocycles. The van der Waals surface area contributed by atoms with E-state index < -0.39 is 0 Å². The fraction of sp³-hybridized carbons (Fsp3) is 0.400. The van der Waals surface area contributed by atoms with Crippen molar-refractivity contribution < 1.29 is 0 Å². The molecular weight excluding hydrogens is 264 g/mol. The lowest BCUT2D eigenvalue weighted by molar-refractivity contribution is 0.913. The van der Waals surface area contributed by atoms with Gasteiger partial charge in [0.15, 0.2) is 11.8 Å². The molecule has 0 amide bonds. The molecule has 1 fully saturated rings. The first kappa shape index (κ1) is 13.6. The number of aromatic nitrogens is 3. The molecule has 6 heteroatoms. The van der Waals surface area contributed by atoms with Crippen LogP contribution in [0.5, 0.6) is 0 Å². The fourth-order valence-electron chi connectivity index (χ4n) is 2.07. The minimum atomic E-state index is 0.377. The minimum absolute atomic E-state index is 0.377. The van der Waals surface area contributed by atoms with E-state index >= 15 is 0 Å². The molecule has 0 atom stereocenters. The van der Waals surface area contributed by atoms with Gasteiger partial charge in [-0.25, -0.2) is 9.98 Å². The summed E-state index contributed by atoms with van der Waals surface area (Å²) in [5.74, 6) is 2.58. The highest BCUT2D eigenvalue weighted by Crippen LogP contribution is 2.37. The second-order valence-electron chi connectivity index (χ2n) is 5.54. The van der Waals surface area contributed by atoms with E-state index in [1.54, 1.807) is 0 Å². The van der Waals surface area contributed by atoms with E-state index in [9.17, 15) is 0 Å². The summed E-state index contributed by atoms with van der Waals surface area (Å²) in [4.78, 5) is 8.70. The highest BCUT2D eigenvalue weighted by atomic mass is 15.2. The molecule has 2 aromatic rings. The number of hydrogen-bond donors (Lipinski definition) is 3. The first-order valence-electron chi connectivity index (χ1n) is 7.17. The van der Waals surface area contributed by atoms with E-state index in [0.29, 0.717) is 18.4 Å². The molecule has 1 heterocycles. The third kappa shape index (κ3) is 3.39. The Balaban J connectivity index is 1.60. The smallest absolute Gasteiger partial charge is 0.193 e. The van der Waals surface area contributed by atoms with Crippen molar-refractivity contribution in [3.8, 4) is 0 Å². The lowest BCUT2D eigenvalue weighted by Gasteiger charge is -2.07. The molecule has 1 aliphatic carbocycles. The van der Waals surface area contributed by atoms with Crippen LogP contribution in [0.25, 0.3) is 0 Å². The zero-order valence-corrected chi connectivity index (χ0v) is 12.3. The molecule has 21 heavy (non-hydrogen) atoms. The maximum Gasteiger partial charge on any atom is 0.193 e. The van der Waals surface area contributed by atoms with Crippen LogP contribution in [0.1, 0.15) is 41.5 Å². The van der Waals surface area contributed by atoms with Crippen LogP contribution in [0.3, 0.4) is 0 Å². The molecule has 1 aliphatic rings. The number of nitrogens with zero attached hydrogens (tertiary/aromatic N) is 3. The predicted molar refractivity (Wildman–Crippen MR) is 83.2 cm³/mol. The van der Waals surface area contributed by atoms with Crippen LogP contribution >= 0.6 is 0 Å². The monoisotopic (exact) mass is 284 g/mol. The molecule has 1 saturated carbocycles. The third-order valence-electron chi connectivity index (χ3n) is 3.67. The Morgan fingerprint density at radius 2 is 2.19 bits per heavy atom. The number of aromatic amines is 1. The Morgan fingerprint density at radius 3 is 2.90 bits per heavy atom. The second-order valence-corrected chi connectivity index (χ2v) is 5.54. The van der Waals surface area contributed by atoms with Gasteiger partial charge in [0.1, 0.15) is 12.4 Å². The quantitative estimate of drug-likeness (QED) is 0.593. The van der Waals surface area contributed by atoms with Crippen molar-refractivity contribution in [3.05, 3.63) is 41.0 Å². The molecule has 0 bridgehead atoms. The van der Waals surface area contributed by atoms with Gasteiger partial charge in [0.05, 0.1) is 0 Å². The number of anilines is 1. The number of aryl methyl sites for hydroxylation is 2. The van der Waals surface area contributed by atoms with Crippen molar-refractivity contribution in [2.75, 3.05) is 5.32 Å². The number of benzene rings is 1. The van der Waals surface area contributed by atoms with E-state index in [2.05, 4.69) is 51.5 Å². The second kappa shape index (κ2) is 5.55. The summed E-state index contributed by atoms with van der Waals surface area (Å²) >= 11 is 0. The summed E-state index contributed by atoms with van der Waals surface area (Å²) in [5, 5.41) is 10.2. The molecule has 0 spiro atoms. The van der Waals surface area contributed by atoms with Crippen molar-refractivity contribution in [2.45, 2.75) is 39.2 Å². The van der Waals surface area contributed by atoms with Crippen molar-refractivity contribution in [3.63, 3.8) is 0 Å². The average molecular weight is 284 g/mol. The zero-order chi connectivity index (χ0) is 14.8. The van der Waals surface area contributed by atoms with E-state index in [0.717, 1.165) is 17.3 Å². The average Bonchev–Trinajstić information content (AvgIpc) is 3.20. The van der Waals surface area contributed by atoms with Gasteiger partial charge in [0.25, 0.3) is 0 Å². The number of H-pyrrole nitrogens is 1. The first-order chi connectivity index (χ1) is 10.1. The van der Waals surface area contributed by atoms with Gasteiger partial charge in [0.2, 0.25) is 0 Å². The molecular formula is C15H20N6. The summed E-state index contributed by atoms with van der Waals surface area (Å²) in [5.41, 5.74) is 9.31. The Kier molecular flexibility index (Phi) is 3.60. The predicted octanol–water partition coefficient (Wildman–Crippen LogP) is 2.23. The van der Waals surface area contributed by atoms with Crippen LogP contribution in [-0.4, -0.2) is 21.1 Å². The summed E-state index contributed by atoms with van der Waals surface area (Å²) < 4.78 is 0. The zero-order valence-electron chi connectivity index (χ0n) is 12.3. The summed E-state index contributed by atoms with van der Waals surface area (Å²) in [6.45, 7) is 4.56. The number of nitrogens with two attached hydrogens (primary N) is 1. The van der Waals surface area contributed by atoms with E-state index in [1.165, 1.54) is 24.0 Å². The topological polar surface area (TPSA) is 92.0 Å². The molecule has 6 nitrogen and oxygen atoms in total. The third-order valence-corrected chi connectivity index (χ3v) is 3.67. The Bertz CT molecular complexity index is 669. The molecule has 0 aliphatic heterocycles. The maximum absolute atomic E-state index is 5.90. The Labute approximate surface area is 123 Å². The molecule has 0 radical (unpaired) electrons. The van der Waals surface area contributed by atoms with Gasteiger partial charge in [-0.1, -0.05) is 6.07 Å². The van der Waals surface area contributed by atoms with Crippen molar-refractivity contribution in [1.29, 1.82) is 0 Å². The first-order valence-corrected chi connectivity index (χ1v) is 7.17. The van der Waals surface area contributed by atoms with E-state index in [-0.39, 0.29) is 0 Å². The highest BCUT2D eigenvalue weighted by molar-refractivity contribution is 5.92. The molecule has 3 rings (SSSR count). The fourth-order valence-corrected chi connectivity index (χ4v) is 2.07. The normalized spacial score (nSPS) is 15.2. The number of rotatable bonds is 4. The van der Waals surface area contributed by atoms with Crippen molar-refractivity contribution in [2.24, 2.45) is 10.7 Å². The number of hydrogen-bond acceptors (Lipinski definition) is 3. The lowest BCUT2D eigenvalue weighted by Crippen LogP contribution is -2.22. The standard InChI is InChI=1S/C15H20N6/c1-9-3-6-12(7-10(9)2)18-15(16)17-8-13-19-14(21-20-13)11-4-5-11/h3,6-7,11H,4-5,8H2,1-2H3,(H3,16,17,18)(H,19,20,21). The van der Waals surface area contributed by atoms with Gasteiger partial charge < -0.3 is 11.1 Å². The number of aliphatic imine (C=N–C) groups is 1. The molecule has 0 unspecified atom stereocenters. The molecule has 110 valence electrons. The van der Waals surface area contributed by atoms with Gasteiger partial charge in [-0.05, 0) is 49.9 Å². The van der Waals surface area contributed by atoms with Crippen LogP contribution in [0, 0.1) is 13.8 Å². The van der Waals surface area contributed by atoms with Gasteiger partial charge in [-0.15, -0.1) is 0 Å². The van der Waals surface area contributed by atoms with Crippen LogP contribution in [0.15, 0.2) is 23.2 Å². The minimum Gasteiger partial charge on any atom is -0.370 e. The number of nitrogens with one attached hydrogen (secondary N) is 2. The highest BCUT2D eigenvalue weighted by Gasteiger charge is 2.27. The van der Waals surface area contributed by atoms with E-state index in [1.807, 2.05) is 6.07 Å². The Morgan fingerprint density at radius 1 is 1.38 bits per heavy atom. The lowest BCUT2D eigenvalue weighted by atomic mass is 10.1. The van der Waals surface area contributed by atoms with Crippen LogP contribution in [0.2, 0.25) is 0 Å². The SMILES string of the molecule is Cc1ccc(NC(N)=NCc2nc(C3CC3)n[nH]2)cc1C. The molecule has 1 aromatic carbocycles. The summed E-state index contributed by atoms with van der Waals surface area (Å²) in [6.07, 6.45) is 2.38. The van der Waals surface area contributed by atoms with E-state index in [4.69, 9.17) is 5.73 Å². The molecule has 4 N–H and O–H groups in total. The maximum atomic E-state index is 5.90. The Hall–Kier alpha value is -2.37. The van der Waals surface area contributed by atoms with Gasteiger partial charge in [-0.3, -0.25) is 5.10 Å². The summed E-state index contributed by atoms with van der Waals surface area (Å²) in [6, 6.07) is 6.10. The van der Waals surface area contributed by atoms with Crippen molar-refractivity contribution >= 4 is 11.6 Å². The van der Waals surface area contributed by atoms with Crippen LogP contribution < -0.4 is 11.1 Å². The largest absolute Gasteiger partial charge is 0.370 e. The summed E-state index contributed by atoms with van der Waals surface area (Å²) in [7, 11) is 0. The van der Waals surface area contributed by atoms with Crippen LogP contribution in [0.4, 0.5) is 5.69 Å².